The first-order valence-corrected chi connectivity index (χ1v) is 8.78. The molecule has 0 bridgehead atoms. The van der Waals surface area contributed by atoms with E-state index in [2.05, 4.69) is 24.1 Å². The first-order valence-electron chi connectivity index (χ1n) is 8.78. The molecule has 0 radical (unpaired) electrons. The van der Waals surface area contributed by atoms with Crippen molar-refractivity contribution in [2.24, 2.45) is 0 Å². The first kappa shape index (κ1) is 17.9. The molecule has 6 heteroatoms. The summed E-state index contributed by atoms with van der Waals surface area (Å²) in [6.45, 7) is 11.9. The number of nitrogens with one attached hydrogen (secondary N) is 1. The van der Waals surface area contributed by atoms with Gasteiger partial charge in [-0.05, 0) is 45.7 Å². The molecule has 2 aliphatic rings. The standard InChI is InChI=1S/C19H27N3O3/c1-12(2)14-9-7-8-13(20-14)10-22-15(23)19(21-16(22)24)11-17(3,4)25-18(19,5)6/h7-9,12H,10-11H2,1-6H3,(H,21,24)/t19-/m0/s1. The van der Waals surface area contributed by atoms with E-state index in [0.717, 1.165) is 5.69 Å². The number of amides is 3. The Bertz CT molecular complexity index is 726. The van der Waals surface area contributed by atoms with Gasteiger partial charge in [0.15, 0.2) is 5.54 Å². The summed E-state index contributed by atoms with van der Waals surface area (Å²) in [6, 6.07) is 5.34. The largest absolute Gasteiger partial charge is 0.367 e. The normalized spacial score (nSPS) is 27.4. The average Bonchev–Trinajstić information content (AvgIpc) is 2.82. The molecule has 1 spiro atoms. The summed E-state index contributed by atoms with van der Waals surface area (Å²) in [5.41, 5.74) is -0.611. The van der Waals surface area contributed by atoms with Crippen LogP contribution in [0.2, 0.25) is 0 Å². The molecule has 2 saturated heterocycles. The van der Waals surface area contributed by atoms with E-state index in [1.165, 1.54) is 4.90 Å². The number of rotatable bonds is 3. The van der Waals surface area contributed by atoms with E-state index >= 15 is 0 Å². The molecule has 3 heterocycles. The molecule has 2 fully saturated rings. The van der Waals surface area contributed by atoms with Crippen molar-refractivity contribution in [2.45, 2.75) is 77.2 Å². The molecule has 3 amide bonds. The zero-order valence-corrected chi connectivity index (χ0v) is 15.8. The summed E-state index contributed by atoms with van der Waals surface area (Å²) in [6.07, 6.45) is 0.452. The molecule has 0 aromatic carbocycles. The molecule has 1 aromatic rings. The Morgan fingerprint density at radius 3 is 2.48 bits per heavy atom. The maximum Gasteiger partial charge on any atom is 0.325 e. The van der Waals surface area contributed by atoms with Crippen molar-refractivity contribution in [3.8, 4) is 0 Å². The van der Waals surface area contributed by atoms with Crippen molar-refractivity contribution in [3.63, 3.8) is 0 Å². The lowest BCUT2D eigenvalue weighted by atomic mass is 9.79. The molecule has 0 saturated carbocycles. The summed E-state index contributed by atoms with van der Waals surface area (Å²) in [5, 5.41) is 2.92. The van der Waals surface area contributed by atoms with E-state index < -0.39 is 16.7 Å². The van der Waals surface area contributed by atoms with Crippen LogP contribution >= 0.6 is 0 Å². The predicted octanol–water partition coefficient (Wildman–Crippen LogP) is 2.97. The Hall–Kier alpha value is -1.95. The number of urea groups is 1. The van der Waals surface area contributed by atoms with Gasteiger partial charge in [-0.2, -0.15) is 0 Å². The Balaban J connectivity index is 1.89. The molecular weight excluding hydrogens is 318 g/mol. The van der Waals surface area contributed by atoms with Crippen LogP contribution < -0.4 is 5.32 Å². The minimum absolute atomic E-state index is 0.170. The number of hydrogen-bond acceptors (Lipinski definition) is 4. The van der Waals surface area contributed by atoms with Crippen molar-refractivity contribution in [3.05, 3.63) is 29.6 Å². The molecule has 25 heavy (non-hydrogen) atoms. The number of carbonyl (C=O) groups excluding carboxylic acids is 2. The lowest BCUT2D eigenvalue weighted by molar-refractivity contribution is -0.138. The third-order valence-corrected chi connectivity index (χ3v) is 5.17. The fraction of sp³-hybridized carbons (Fsp3) is 0.632. The number of pyridine rings is 1. The molecule has 1 atom stereocenters. The van der Waals surface area contributed by atoms with E-state index in [-0.39, 0.29) is 24.4 Å². The van der Waals surface area contributed by atoms with E-state index in [0.29, 0.717) is 12.1 Å². The summed E-state index contributed by atoms with van der Waals surface area (Å²) >= 11 is 0. The van der Waals surface area contributed by atoms with Crippen LogP contribution in [0.1, 0.15) is 65.3 Å². The van der Waals surface area contributed by atoms with Gasteiger partial charge in [0.25, 0.3) is 5.91 Å². The number of aromatic nitrogens is 1. The van der Waals surface area contributed by atoms with E-state index in [1.54, 1.807) is 0 Å². The molecule has 1 N–H and O–H groups in total. The maximum atomic E-state index is 13.2. The highest BCUT2D eigenvalue weighted by atomic mass is 16.5. The Kier molecular flexibility index (Phi) is 3.95. The smallest absolute Gasteiger partial charge is 0.325 e. The summed E-state index contributed by atoms with van der Waals surface area (Å²) in [4.78, 5) is 31.6. The van der Waals surface area contributed by atoms with Crippen molar-refractivity contribution < 1.29 is 14.3 Å². The number of imide groups is 1. The quantitative estimate of drug-likeness (QED) is 0.855. The summed E-state index contributed by atoms with van der Waals surface area (Å²) in [7, 11) is 0. The van der Waals surface area contributed by atoms with Gasteiger partial charge < -0.3 is 10.1 Å². The predicted molar refractivity (Wildman–Crippen MR) is 94.0 cm³/mol. The Morgan fingerprint density at radius 2 is 1.92 bits per heavy atom. The fourth-order valence-corrected chi connectivity index (χ4v) is 4.03. The van der Waals surface area contributed by atoms with E-state index in [9.17, 15) is 9.59 Å². The van der Waals surface area contributed by atoms with E-state index in [4.69, 9.17) is 4.74 Å². The fourth-order valence-electron chi connectivity index (χ4n) is 4.03. The van der Waals surface area contributed by atoms with Gasteiger partial charge in [0.2, 0.25) is 0 Å². The first-order chi connectivity index (χ1) is 11.5. The van der Waals surface area contributed by atoms with Crippen LogP contribution in [0.4, 0.5) is 4.79 Å². The lowest BCUT2D eigenvalue weighted by Gasteiger charge is -2.33. The molecule has 0 unspecified atom stereocenters. The van der Waals surface area contributed by atoms with Gasteiger partial charge in [0.05, 0.1) is 23.4 Å². The Labute approximate surface area is 148 Å². The third-order valence-electron chi connectivity index (χ3n) is 5.17. The minimum atomic E-state index is -1.02. The number of hydrogen-bond donors (Lipinski definition) is 1. The van der Waals surface area contributed by atoms with Crippen LogP contribution in [0.15, 0.2) is 18.2 Å². The van der Waals surface area contributed by atoms with Crippen molar-refractivity contribution in [1.29, 1.82) is 0 Å². The minimum Gasteiger partial charge on any atom is -0.367 e. The molecule has 0 aliphatic carbocycles. The van der Waals surface area contributed by atoms with Crippen molar-refractivity contribution in [1.82, 2.24) is 15.2 Å². The second kappa shape index (κ2) is 5.53. The van der Waals surface area contributed by atoms with Crippen molar-refractivity contribution in [2.75, 3.05) is 0 Å². The van der Waals surface area contributed by atoms with Crippen LogP contribution in [0.3, 0.4) is 0 Å². The van der Waals surface area contributed by atoms with Gasteiger partial charge in [0, 0.05) is 12.1 Å². The maximum absolute atomic E-state index is 13.2. The monoisotopic (exact) mass is 345 g/mol. The van der Waals surface area contributed by atoms with Crippen LogP contribution in [0, 0.1) is 0 Å². The second-order valence-corrected chi connectivity index (χ2v) is 8.48. The summed E-state index contributed by atoms with van der Waals surface area (Å²) in [5.74, 6) is 0.0576. The zero-order valence-electron chi connectivity index (χ0n) is 15.8. The van der Waals surface area contributed by atoms with Gasteiger partial charge in [-0.1, -0.05) is 19.9 Å². The number of ether oxygens (including phenoxy) is 1. The number of carbonyl (C=O) groups is 2. The molecule has 2 aliphatic heterocycles. The highest BCUT2D eigenvalue weighted by molar-refractivity contribution is 6.08. The Morgan fingerprint density at radius 1 is 1.24 bits per heavy atom. The van der Waals surface area contributed by atoms with Crippen LogP contribution in [-0.2, 0) is 16.1 Å². The number of nitrogens with zero attached hydrogens (tertiary/aromatic N) is 2. The van der Waals surface area contributed by atoms with Gasteiger partial charge >= 0.3 is 6.03 Å². The van der Waals surface area contributed by atoms with Gasteiger partial charge in [-0.15, -0.1) is 0 Å². The topological polar surface area (TPSA) is 71.5 Å². The van der Waals surface area contributed by atoms with E-state index in [1.807, 2.05) is 45.9 Å². The van der Waals surface area contributed by atoms with Crippen molar-refractivity contribution >= 4 is 11.9 Å². The zero-order chi connectivity index (χ0) is 18.6. The molecule has 6 nitrogen and oxygen atoms in total. The molecular formula is C19H27N3O3. The third kappa shape index (κ3) is 2.82. The SMILES string of the molecule is CC(C)c1cccc(CN2C(=O)N[C@@]3(CC(C)(C)OC3(C)C)C2=O)n1. The second-order valence-electron chi connectivity index (χ2n) is 8.48. The van der Waals surface area contributed by atoms with Crippen LogP contribution in [-0.4, -0.2) is 38.6 Å². The molecule has 3 rings (SSSR count). The van der Waals surface area contributed by atoms with Gasteiger partial charge in [-0.25, -0.2) is 4.79 Å². The average molecular weight is 345 g/mol. The highest BCUT2D eigenvalue weighted by Crippen LogP contribution is 2.48. The highest BCUT2D eigenvalue weighted by Gasteiger charge is 2.67. The molecule has 1 aromatic heterocycles. The van der Waals surface area contributed by atoms with Gasteiger partial charge in [0.1, 0.15) is 0 Å². The summed E-state index contributed by atoms with van der Waals surface area (Å²) < 4.78 is 6.06. The van der Waals surface area contributed by atoms with Gasteiger partial charge in [-0.3, -0.25) is 14.7 Å². The molecule has 136 valence electrons. The van der Waals surface area contributed by atoms with Crippen LogP contribution in [0.5, 0.6) is 0 Å². The van der Waals surface area contributed by atoms with Crippen LogP contribution in [0.25, 0.3) is 0 Å². The lowest BCUT2D eigenvalue weighted by Crippen LogP contribution is -2.59.